The fourth-order valence-corrected chi connectivity index (χ4v) is 13.3. The van der Waals surface area contributed by atoms with Crippen molar-refractivity contribution in [3.63, 3.8) is 0 Å². The second kappa shape index (κ2) is 26.7. The average molecular weight is 1320 g/mol. The van der Waals surface area contributed by atoms with Crippen LogP contribution in [0, 0.1) is 0 Å². The van der Waals surface area contributed by atoms with Gasteiger partial charge in [0, 0.05) is 66.8 Å². The molecule has 4 nitrogen and oxygen atoms in total. The van der Waals surface area contributed by atoms with Gasteiger partial charge >= 0.3 is 0 Å². The van der Waals surface area contributed by atoms with Crippen molar-refractivity contribution in [2.24, 2.45) is 0 Å². The van der Waals surface area contributed by atoms with Gasteiger partial charge in [-0.2, -0.15) is 0 Å². The molecule has 0 aliphatic rings. The van der Waals surface area contributed by atoms with Gasteiger partial charge in [-0.25, -0.2) is 0 Å². The van der Waals surface area contributed by atoms with E-state index in [1.54, 1.807) is 65.6 Å². The summed E-state index contributed by atoms with van der Waals surface area (Å²) in [5.74, 6) is 0. The van der Waals surface area contributed by atoms with E-state index in [1.165, 1.54) is 10.8 Å². The summed E-state index contributed by atoms with van der Waals surface area (Å²) >= 11 is 0. The van der Waals surface area contributed by atoms with Crippen LogP contribution in [-0.4, -0.2) is 0 Å². The van der Waals surface area contributed by atoms with Crippen molar-refractivity contribution in [1.29, 1.82) is 0 Å². The lowest BCUT2D eigenvalue weighted by molar-refractivity contribution is 0.669. The lowest BCUT2D eigenvalue weighted by Gasteiger charge is -2.26. The van der Waals surface area contributed by atoms with E-state index >= 15 is 0 Å². The third-order valence-electron chi connectivity index (χ3n) is 18.5. The monoisotopic (exact) mass is 1320 g/mol. The Balaban J connectivity index is 0.000000167. The summed E-state index contributed by atoms with van der Waals surface area (Å²) < 4.78 is 168. The number of benzene rings is 17. The number of anilines is 6. The fourth-order valence-electron chi connectivity index (χ4n) is 13.3. The first-order valence-electron chi connectivity index (χ1n) is 41.9. The molecule has 480 valence electrons. The summed E-state index contributed by atoms with van der Waals surface area (Å²) in [5.41, 5.74) is 10.8. The predicted octanol–water partition coefficient (Wildman–Crippen LogP) is 28.1. The number of para-hydroxylation sites is 5. The molecule has 0 bridgehead atoms. The van der Waals surface area contributed by atoms with Gasteiger partial charge in [0.05, 0.1) is 23.3 Å². The molecule has 0 N–H and O–H groups in total. The number of fused-ring (bicyclic) bond motifs is 8. The molecule has 19 rings (SSSR count). The van der Waals surface area contributed by atoms with Gasteiger partial charge < -0.3 is 18.6 Å². The Labute approximate surface area is 616 Å². The fraction of sp³-hybridized carbons (Fsp3) is 0. The molecule has 102 heavy (non-hydrogen) atoms. The van der Waals surface area contributed by atoms with E-state index in [0.29, 0.717) is 39.1 Å². The number of hydrogen-bond donors (Lipinski definition) is 0. The maximum absolute atomic E-state index is 9.56. The Hall–Kier alpha value is -13.5. The number of hydrogen-bond acceptors (Lipinski definition) is 4. The number of furan rings is 2. The lowest BCUT2D eigenvalue weighted by atomic mass is 9.98. The third-order valence-corrected chi connectivity index (χ3v) is 18.5. The third kappa shape index (κ3) is 11.9. The van der Waals surface area contributed by atoms with Crippen molar-refractivity contribution in [2.75, 3.05) is 9.80 Å². The topological polar surface area (TPSA) is 32.8 Å². The normalized spacial score (nSPS) is 13.7. The average Bonchev–Trinajstić information content (AvgIpc) is 1.10. The van der Waals surface area contributed by atoms with E-state index < -0.39 is 95.6 Å². The maximum atomic E-state index is 9.56. The summed E-state index contributed by atoms with van der Waals surface area (Å²) in [6.45, 7) is 0. The molecule has 19 aromatic rings. The first-order chi connectivity index (χ1) is 57.6. The molecule has 0 spiro atoms. The second-order valence-corrected chi connectivity index (χ2v) is 24.6. The van der Waals surface area contributed by atoms with E-state index in [4.69, 9.17) is 15.7 Å². The van der Waals surface area contributed by atoms with Crippen molar-refractivity contribution in [3.8, 4) is 77.9 Å². The molecule has 0 aliphatic heterocycles. The number of rotatable bonds is 13. The van der Waals surface area contributed by atoms with Crippen molar-refractivity contribution < 1.29 is 32.1 Å². The van der Waals surface area contributed by atoms with Crippen molar-refractivity contribution in [3.05, 3.63) is 400 Å². The molecule has 0 fully saturated rings. The van der Waals surface area contributed by atoms with E-state index in [1.807, 2.05) is 158 Å². The molecule has 0 amide bonds. The van der Waals surface area contributed by atoms with Crippen LogP contribution < -0.4 is 9.80 Å². The van der Waals surface area contributed by atoms with Gasteiger partial charge in [0.25, 0.3) is 0 Å². The van der Waals surface area contributed by atoms with Crippen LogP contribution >= 0.6 is 0 Å². The molecule has 4 heteroatoms. The highest BCUT2D eigenvalue weighted by Gasteiger charge is 2.19. The molecule has 2 heterocycles. The van der Waals surface area contributed by atoms with Crippen LogP contribution in [0.2, 0.25) is 0 Å². The van der Waals surface area contributed by atoms with E-state index in [9.17, 15) is 16.4 Å². The molecule has 17 aromatic carbocycles. The summed E-state index contributed by atoms with van der Waals surface area (Å²) in [6, 6.07) is 85.9. The van der Waals surface area contributed by atoms with Crippen LogP contribution in [0.5, 0.6) is 0 Å². The van der Waals surface area contributed by atoms with Crippen LogP contribution in [0.1, 0.15) is 23.3 Å². The van der Waals surface area contributed by atoms with Gasteiger partial charge in [-0.05, 0) is 185 Å². The predicted molar refractivity (Wildman–Crippen MR) is 430 cm³/mol. The summed E-state index contributed by atoms with van der Waals surface area (Å²) in [4.78, 5) is 2.56. The molecule has 2 aromatic heterocycles. The zero-order chi connectivity index (χ0) is 82.5. The highest BCUT2D eigenvalue weighted by molar-refractivity contribution is 6.11. The molecule has 0 saturated heterocycles. The lowest BCUT2D eigenvalue weighted by Crippen LogP contribution is -2.09. The molecule has 0 radical (unpaired) electrons. The van der Waals surface area contributed by atoms with Crippen molar-refractivity contribution in [2.45, 2.75) is 0 Å². The minimum atomic E-state index is -0.701. The minimum Gasteiger partial charge on any atom is -0.455 e. The SMILES string of the molecule is [2H]c1c([2H])c(N(c2c([2H])c([2H])c(-c3ccc(-c4ccc5ccccc5c4)cc3)c([2H])c2[2H])c2c([2H])c([2H])c(-c3cccc4c3oc3ccccc34)c([2H])c2[2H])c([2H])c([2H])c1-c1ccccc1.[2H]c1c([2H])c([2H])c(N(c2ccc(-c3ccc(-c4ccc5ccccc5c4)cc3)cc2)c2ccc(-c3cccc4c3oc3ccccc34)cc2)c([2H])c1[2H]. The molecular formula is C98H66N2O2. The molecular weight excluding hydrogens is 1240 g/mol. The molecule has 0 aliphatic carbocycles. The Morgan fingerprint density at radius 1 is 0.196 bits per heavy atom. The van der Waals surface area contributed by atoms with Gasteiger partial charge in [-0.3, -0.25) is 0 Å². The highest BCUT2D eigenvalue weighted by atomic mass is 16.3. The van der Waals surface area contributed by atoms with Crippen LogP contribution in [0.25, 0.3) is 143 Å². The smallest absolute Gasteiger partial charge is 0.143 e. The summed E-state index contributed by atoms with van der Waals surface area (Å²) in [7, 11) is 0. The van der Waals surface area contributed by atoms with Gasteiger partial charge in [-0.15, -0.1) is 0 Å². The molecule has 0 atom stereocenters. The zero-order valence-corrected chi connectivity index (χ0v) is 54.5. The van der Waals surface area contributed by atoms with Crippen LogP contribution in [0.4, 0.5) is 34.1 Å². The standard InChI is InChI=1S/C52H35NO.C46H31NO/c1-2-9-36(10-3-1)39-23-29-45(30-24-39)53(47-33-27-42(28-34-47)48-14-8-15-50-49-13-6-7-16-51(49)54-52(48)50)46-31-25-40(26-32-46)38-17-19-41(20-18-38)44-22-21-37-11-4-5-12-43(37)35-44;1-2-11-39(12-3-1)47(41-29-25-36(26-30-41)42-14-8-15-44-43-13-6-7-16-45(43)48-46(42)44)40-27-23-34(24-28-40)33-17-19-35(20-18-33)38-22-21-32-9-4-5-10-37(32)31-38/h1-35H;1-31H/i23D,24D,25D,26D,27D,28D,29D,30D,31D,32D,33D,34D;1D,2D,3D,11D,12D. The summed E-state index contributed by atoms with van der Waals surface area (Å²) in [5, 5.41) is 8.09. The van der Waals surface area contributed by atoms with E-state index in [-0.39, 0.29) is 52.1 Å². The molecule has 0 saturated carbocycles. The Bertz CT molecular complexity index is 7200. The van der Waals surface area contributed by atoms with Gasteiger partial charge in [0.1, 0.15) is 22.3 Å². The maximum Gasteiger partial charge on any atom is 0.143 e. The zero-order valence-electron chi connectivity index (χ0n) is 71.5. The molecule has 0 unspecified atom stereocenters. The number of nitrogens with zero attached hydrogens (tertiary/aromatic N) is 2. The van der Waals surface area contributed by atoms with Crippen LogP contribution in [0.3, 0.4) is 0 Å². The van der Waals surface area contributed by atoms with E-state index in [0.717, 1.165) is 87.5 Å². The first-order valence-corrected chi connectivity index (χ1v) is 33.4. The van der Waals surface area contributed by atoms with E-state index in [2.05, 4.69) is 78.9 Å². The summed E-state index contributed by atoms with van der Waals surface area (Å²) in [6.07, 6.45) is 0. The Morgan fingerprint density at radius 3 is 0.990 bits per heavy atom. The van der Waals surface area contributed by atoms with Gasteiger partial charge in [-0.1, -0.05) is 303 Å². The van der Waals surface area contributed by atoms with Crippen molar-refractivity contribution >= 4 is 99.5 Å². The van der Waals surface area contributed by atoms with Crippen LogP contribution in [-0.2, 0) is 0 Å². The van der Waals surface area contributed by atoms with Crippen molar-refractivity contribution in [1.82, 2.24) is 0 Å². The first kappa shape index (κ1) is 45.1. The van der Waals surface area contributed by atoms with Crippen LogP contribution in [0.15, 0.2) is 409 Å². The minimum absolute atomic E-state index is 0.0508. The largest absolute Gasteiger partial charge is 0.455 e. The van der Waals surface area contributed by atoms with Gasteiger partial charge in [0.15, 0.2) is 0 Å². The van der Waals surface area contributed by atoms with Gasteiger partial charge in [0.2, 0.25) is 0 Å². The highest BCUT2D eigenvalue weighted by Crippen LogP contribution is 2.43. The Morgan fingerprint density at radius 2 is 0.520 bits per heavy atom. The second-order valence-electron chi connectivity index (χ2n) is 24.6. The quantitative estimate of drug-likeness (QED) is 0.115. The Kier molecular flexibility index (Phi) is 11.8.